The van der Waals surface area contributed by atoms with Crippen molar-refractivity contribution in [3.05, 3.63) is 0 Å². The number of carbonyl (C=O) groups excluding carboxylic acids is 3. The summed E-state index contributed by atoms with van der Waals surface area (Å²) in [5, 5.41) is 0. The summed E-state index contributed by atoms with van der Waals surface area (Å²) >= 11 is 0. The van der Waals surface area contributed by atoms with Crippen molar-refractivity contribution in [2.45, 2.75) is 46.1 Å². The van der Waals surface area contributed by atoms with E-state index in [0.717, 1.165) is 0 Å². The molecule has 102 valence electrons. The van der Waals surface area contributed by atoms with Crippen LogP contribution in [0.3, 0.4) is 0 Å². The highest BCUT2D eigenvalue weighted by molar-refractivity contribution is 6.35. The highest BCUT2D eigenvalue weighted by Crippen LogP contribution is 2.10. The van der Waals surface area contributed by atoms with E-state index in [4.69, 9.17) is 0 Å². The first-order valence-electron chi connectivity index (χ1n) is 6.59. The first-order valence-corrected chi connectivity index (χ1v) is 6.59. The molecule has 0 aliphatic carbocycles. The van der Waals surface area contributed by atoms with Crippen molar-refractivity contribution in [1.29, 1.82) is 0 Å². The molecule has 0 bridgehead atoms. The van der Waals surface area contributed by atoms with Crippen LogP contribution in [0.25, 0.3) is 0 Å². The van der Waals surface area contributed by atoms with Crippen molar-refractivity contribution in [2.75, 3.05) is 19.6 Å². The maximum absolute atomic E-state index is 11.8. The molecule has 0 aromatic heterocycles. The van der Waals surface area contributed by atoms with E-state index in [2.05, 4.69) is 0 Å². The van der Waals surface area contributed by atoms with Crippen molar-refractivity contribution >= 4 is 17.6 Å². The number of ketones is 1. The van der Waals surface area contributed by atoms with Crippen LogP contribution in [-0.4, -0.2) is 53.1 Å². The van der Waals surface area contributed by atoms with E-state index >= 15 is 0 Å². The third-order valence-electron chi connectivity index (χ3n) is 3.24. The number of rotatable bonds is 6. The maximum atomic E-state index is 11.8. The number of carbonyl (C=O) groups is 3. The van der Waals surface area contributed by atoms with Gasteiger partial charge < -0.3 is 9.80 Å². The Morgan fingerprint density at radius 3 is 2.44 bits per heavy atom. The molecule has 0 spiro atoms. The minimum absolute atomic E-state index is 0.0604. The van der Waals surface area contributed by atoms with Crippen LogP contribution in [0.15, 0.2) is 0 Å². The van der Waals surface area contributed by atoms with E-state index in [1.165, 1.54) is 0 Å². The molecule has 0 aromatic carbocycles. The Morgan fingerprint density at radius 1 is 1.22 bits per heavy atom. The van der Waals surface area contributed by atoms with E-state index in [1.54, 1.807) is 9.80 Å². The number of hydrogen-bond acceptors (Lipinski definition) is 3. The van der Waals surface area contributed by atoms with Crippen molar-refractivity contribution in [3.8, 4) is 0 Å². The Bertz CT molecular complexity index is 339. The van der Waals surface area contributed by atoms with Crippen LogP contribution in [-0.2, 0) is 14.4 Å². The monoisotopic (exact) mass is 254 g/mol. The van der Waals surface area contributed by atoms with Crippen LogP contribution in [0.1, 0.15) is 40.0 Å². The lowest BCUT2D eigenvalue weighted by Crippen LogP contribution is -2.56. The summed E-state index contributed by atoms with van der Waals surface area (Å²) < 4.78 is 0. The van der Waals surface area contributed by atoms with Crippen molar-refractivity contribution in [1.82, 2.24) is 9.80 Å². The van der Waals surface area contributed by atoms with Gasteiger partial charge in [0.2, 0.25) is 0 Å². The third kappa shape index (κ3) is 3.55. The van der Waals surface area contributed by atoms with E-state index < -0.39 is 11.8 Å². The van der Waals surface area contributed by atoms with Gasteiger partial charge in [-0.15, -0.1) is 0 Å². The lowest BCUT2D eigenvalue weighted by Gasteiger charge is -2.36. The fourth-order valence-corrected chi connectivity index (χ4v) is 2.04. The van der Waals surface area contributed by atoms with Crippen LogP contribution in [0, 0.1) is 0 Å². The maximum Gasteiger partial charge on any atom is 0.312 e. The zero-order chi connectivity index (χ0) is 13.7. The molecule has 1 aliphatic heterocycles. The Morgan fingerprint density at radius 2 is 1.89 bits per heavy atom. The summed E-state index contributed by atoms with van der Waals surface area (Å²) in [6, 6.07) is 0.0604. The average Bonchev–Trinajstić information content (AvgIpc) is 2.33. The van der Waals surface area contributed by atoms with Crippen molar-refractivity contribution in [2.24, 2.45) is 0 Å². The summed E-state index contributed by atoms with van der Waals surface area (Å²) in [7, 11) is 0. The van der Waals surface area contributed by atoms with Crippen molar-refractivity contribution < 1.29 is 14.4 Å². The average molecular weight is 254 g/mol. The van der Waals surface area contributed by atoms with Gasteiger partial charge >= 0.3 is 11.8 Å². The molecule has 2 amide bonds. The molecule has 1 fully saturated rings. The van der Waals surface area contributed by atoms with Gasteiger partial charge in [-0.25, -0.2) is 0 Å². The van der Waals surface area contributed by atoms with Crippen LogP contribution in [0.4, 0.5) is 0 Å². The summed E-state index contributed by atoms with van der Waals surface area (Å²) in [5.41, 5.74) is 0. The minimum atomic E-state index is -0.432. The SMILES string of the molecule is CCC(=O)CCCN1CCN(C(C)C)C(=O)C1=O. The number of amides is 2. The van der Waals surface area contributed by atoms with Gasteiger partial charge in [-0.3, -0.25) is 14.4 Å². The molecule has 0 atom stereocenters. The molecular weight excluding hydrogens is 232 g/mol. The topological polar surface area (TPSA) is 57.7 Å². The zero-order valence-electron chi connectivity index (χ0n) is 11.4. The predicted octanol–water partition coefficient (Wildman–Crippen LogP) is 0.825. The fraction of sp³-hybridized carbons (Fsp3) is 0.769. The predicted molar refractivity (Wildman–Crippen MR) is 68.0 cm³/mol. The van der Waals surface area contributed by atoms with E-state index in [1.807, 2.05) is 20.8 Å². The number of nitrogens with zero attached hydrogens (tertiary/aromatic N) is 2. The van der Waals surface area contributed by atoms with E-state index in [0.29, 0.717) is 38.9 Å². The molecule has 0 saturated carbocycles. The largest absolute Gasteiger partial charge is 0.333 e. The van der Waals surface area contributed by atoms with Gasteiger partial charge in [0.1, 0.15) is 5.78 Å². The Balaban J connectivity index is 2.44. The zero-order valence-corrected chi connectivity index (χ0v) is 11.4. The molecule has 1 heterocycles. The summed E-state index contributed by atoms with van der Waals surface area (Å²) in [4.78, 5) is 37.9. The molecule has 1 saturated heterocycles. The molecule has 0 aromatic rings. The van der Waals surface area contributed by atoms with Gasteiger partial charge in [-0.1, -0.05) is 6.92 Å². The smallest absolute Gasteiger partial charge is 0.312 e. The number of hydrogen-bond donors (Lipinski definition) is 0. The molecule has 1 aliphatic rings. The molecule has 18 heavy (non-hydrogen) atoms. The minimum Gasteiger partial charge on any atom is -0.333 e. The van der Waals surface area contributed by atoms with Gasteiger partial charge in [0, 0.05) is 38.5 Å². The molecule has 0 N–H and O–H groups in total. The lowest BCUT2D eigenvalue weighted by molar-refractivity contribution is -0.157. The van der Waals surface area contributed by atoms with E-state index in [-0.39, 0.29) is 11.8 Å². The molecule has 5 heteroatoms. The van der Waals surface area contributed by atoms with Gasteiger partial charge in [-0.2, -0.15) is 0 Å². The van der Waals surface area contributed by atoms with Gasteiger partial charge in [0.25, 0.3) is 0 Å². The van der Waals surface area contributed by atoms with Crippen molar-refractivity contribution in [3.63, 3.8) is 0 Å². The quantitative estimate of drug-likeness (QED) is 0.660. The Hall–Kier alpha value is -1.39. The van der Waals surface area contributed by atoms with Gasteiger partial charge in [0.05, 0.1) is 0 Å². The van der Waals surface area contributed by atoms with Crippen LogP contribution < -0.4 is 0 Å². The molecule has 0 radical (unpaired) electrons. The van der Waals surface area contributed by atoms with Crippen LogP contribution in [0.2, 0.25) is 0 Å². The normalized spacial score (nSPS) is 16.7. The Labute approximate surface area is 108 Å². The first-order chi connectivity index (χ1) is 8.47. The summed E-state index contributed by atoms with van der Waals surface area (Å²) in [6.45, 7) is 7.30. The first kappa shape index (κ1) is 14.7. The van der Waals surface area contributed by atoms with Crippen LogP contribution in [0.5, 0.6) is 0 Å². The number of Topliss-reactive ketones (excluding diaryl/α,β-unsaturated/α-hetero) is 1. The van der Waals surface area contributed by atoms with Crippen LogP contribution >= 0.6 is 0 Å². The summed E-state index contributed by atoms with van der Waals surface area (Å²) in [5.74, 6) is -0.647. The second kappa shape index (κ2) is 6.52. The fourth-order valence-electron chi connectivity index (χ4n) is 2.04. The molecule has 1 rings (SSSR count). The third-order valence-corrected chi connectivity index (χ3v) is 3.24. The second-order valence-corrected chi connectivity index (χ2v) is 4.88. The highest BCUT2D eigenvalue weighted by Gasteiger charge is 2.33. The van der Waals surface area contributed by atoms with Gasteiger partial charge in [0.15, 0.2) is 0 Å². The highest BCUT2D eigenvalue weighted by atomic mass is 16.2. The lowest BCUT2D eigenvalue weighted by atomic mass is 10.1. The second-order valence-electron chi connectivity index (χ2n) is 4.88. The molecular formula is C13H22N2O3. The summed E-state index contributed by atoms with van der Waals surface area (Å²) in [6.07, 6.45) is 1.67. The number of piperazine rings is 1. The van der Waals surface area contributed by atoms with Gasteiger partial charge in [-0.05, 0) is 20.3 Å². The molecule has 0 unspecified atom stereocenters. The Kier molecular flexibility index (Phi) is 5.31. The standard InChI is InChI=1S/C13H22N2O3/c1-4-11(16)6-5-7-14-8-9-15(10(2)3)13(18)12(14)17/h10H,4-9H2,1-3H3. The van der Waals surface area contributed by atoms with E-state index in [9.17, 15) is 14.4 Å². The molecule has 5 nitrogen and oxygen atoms in total.